The molecule has 2 unspecified atom stereocenters. The van der Waals surface area contributed by atoms with Crippen molar-refractivity contribution in [2.24, 2.45) is 5.92 Å². The summed E-state index contributed by atoms with van der Waals surface area (Å²) in [7, 11) is 0. The van der Waals surface area contributed by atoms with Gasteiger partial charge in [-0.05, 0) is 121 Å². The second-order valence-electron chi connectivity index (χ2n) is 23.8. The van der Waals surface area contributed by atoms with Gasteiger partial charge < -0.3 is 9.80 Å². The summed E-state index contributed by atoms with van der Waals surface area (Å²) in [4.78, 5) is 5.38. The molecule has 344 valence electrons. The molecule has 0 amide bonds. The molecule has 0 radical (unpaired) electrons. The Morgan fingerprint density at radius 1 is 0.441 bits per heavy atom. The number of hydrogen-bond donors (Lipinski definition) is 0. The number of rotatable bonds is 8. The first-order chi connectivity index (χ1) is 32.3. The van der Waals surface area contributed by atoms with E-state index in [0.717, 1.165) is 12.8 Å². The standard InChI is InChI=1S/C65H71BN2/c1-61(2,3)49-32-38-56-54(40-49)66-55-41-50(65(11,12)46-26-20-15-21-27-46)33-39-57(55)68(53-36-30-48(31-37-53)64(9,10)45-24-18-14-19-25-45)59-43-51(62(4,5)6)42-58(60(59)66)67(56)52-34-28-47(29-35-52)63(7,8)44-22-16-13-17-23-44/h13-28,30-36,38-43,47,53H,29,37H2,1-12H3. The summed E-state index contributed by atoms with van der Waals surface area (Å²) in [5, 5.41) is 0. The number of fused-ring (bicyclic) bond motifs is 4. The van der Waals surface area contributed by atoms with Crippen molar-refractivity contribution in [3.63, 3.8) is 0 Å². The summed E-state index contributed by atoms with van der Waals surface area (Å²) in [6.45, 7) is 28.6. The van der Waals surface area contributed by atoms with Crippen LogP contribution in [0.25, 0.3) is 0 Å². The van der Waals surface area contributed by atoms with E-state index < -0.39 is 0 Å². The predicted molar refractivity (Wildman–Crippen MR) is 294 cm³/mol. The molecular weight excluding hydrogens is 820 g/mol. The van der Waals surface area contributed by atoms with Crippen LogP contribution in [0.5, 0.6) is 0 Å². The van der Waals surface area contributed by atoms with E-state index in [4.69, 9.17) is 0 Å². The Morgan fingerprint density at radius 3 is 1.56 bits per heavy atom. The van der Waals surface area contributed by atoms with Gasteiger partial charge in [0.05, 0.1) is 6.04 Å². The predicted octanol–water partition coefficient (Wildman–Crippen LogP) is 14.7. The Morgan fingerprint density at radius 2 is 0.985 bits per heavy atom. The quantitative estimate of drug-likeness (QED) is 0.141. The molecule has 2 aliphatic carbocycles. The number of allylic oxidation sites excluding steroid dienone is 5. The van der Waals surface area contributed by atoms with Crippen LogP contribution in [-0.2, 0) is 27.1 Å². The van der Waals surface area contributed by atoms with Crippen LogP contribution < -0.4 is 26.2 Å². The molecule has 2 atom stereocenters. The van der Waals surface area contributed by atoms with Crippen molar-refractivity contribution in [1.82, 2.24) is 0 Å². The van der Waals surface area contributed by atoms with Gasteiger partial charge in [0.2, 0.25) is 0 Å². The molecule has 2 aliphatic heterocycles. The molecule has 10 rings (SSSR count). The van der Waals surface area contributed by atoms with Crippen LogP contribution in [0.3, 0.4) is 0 Å². The van der Waals surface area contributed by atoms with Gasteiger partial charge in [-0.25, -0.2) is 0 Å². The third-order valence-corrected chi connectivity index (χ3v) is 16.5. The van der Waals surface area contributed by atoms with Crippen molar-refractivity contribution >= 4 is 45.9 Å². The van der Waals surface area contributed by atoms with Gasteiger partial charge in [-0.3, -0.25) is 0 Å². The molecule has 6 aromatic rings. The van der Waals surface area contributed by atoms with Gasteiger partial charge in [0.25, 0.3) is 6.71 Å². The second-order valence-corrected chi connectivity index (χ2v) is 23.8. The Balaban J connectivity index is 1.20. The zero-order chi connectivity index (χ0) is 48.0. The van der Waals surface area contributed by atoms with Crippen molar-refractivity contribution < 1.29 is 0 Å². The van der Waals surface area contributed by atoms with Crippen LogP contribution in [0.1, 0.15) is 129 Å². The Labute approximate surface area is 409 Å². The highest BCUT2D eigenvalue weighted by molar-refractivity contribution is 7.00. The maximum atomic E-state index is 2.73. The van der Waals surface area contributed by atoms with E-state index in [1.807, 2.05) is 0 Å². The summed E-state index contributed by atoms with van der Waals surface area (Å²) in [6.07, 6.45) is 16.8. The van der Waals surface area contributed by atoms with E-state index >= 15 is 0 Å². The smallest absolute Gasteiger partial charge is 0.252 e. The molecule has 0 fully saturated rings. The van der Waals surface area contributed by atoms with E-state index in [1.54, 1.807) is 0 Å². The summed E-state index contributed by atoms with van der Waals surface area (Å²) in [6, 6.07) is 53.3. The minimum absolute atomic E-state index is 0.00873. The lowest BCUT2D eigenvalue weighted by Crippen LogP contribution is -2.63. The molecule has 2 heterocycles. The summed E-state index contributed by atoms with van der Waals surface area (Å²) < 4.78 is 0. The molecular formula is C65H71BN2. The summed E-state index contributed by atoms with van der Waals surface area (Å²) >= 11 is 0. The van der Waals surface area contributed by atoms with Gasteiger partial charge in [-0.1, -0.05) is 229 Å². The first-order valence-corrected chi connectivity index (χ1v) is 25.3. The lowest BCUT2D eigenvalue weighted by Gasteiger charge is -2.48. The van der Waals surface area contributed by atoms with Gasteiger partial charge in [0, 0.05) is 39.3 Å². The highest BCUT2D eigenvalue weighted by Crippen LogP contribution is 2.47. The highest BCUT2D eigenvalue weighted by Gasteiger charge is 2.46. The van der Waals surface area contributed by atoms with Gasteiger partial charge >= 0.3 is 0 Å². The van der Waals surface area contributed by atoms with Gasteiger partial charge in [-0.15, -0.1) is 0 Å². The third kappa shape index (κ3) is 7.75. The van der Waals surface area contributed by atoms with E-state index in [0.29, 0.717) is 5.92 Å². The Kier molecular flexibility index (Phi) is 11.1. The maximum absolute atomic E-state index is 2.73. The SMILES string of the molecule is CC(C)(C)c1ccc2c(c1)B1c3cc(C(C)(C)c4ccccc4)ccc3N(C3C=CC(C(C)(C)c4ccccc4)=CC3)c3cc(C(C)(C)C)cc(c31)N2C1=CCC(C(C)(C)c2ccccc2)C=C1. The fourth-order valence-corrected chi connectivity index (χ4v) is 11.7. The normalized spacial score (nSPS) is 18.1. The first kappa shape index (κ1) is 45.7. The van der Waals surface area contributed by atoms with E-state index in [2.05, 4.69) is 269 Å². The topological polar surface area (TPSA) is 6.48 Å². The van der Waals surface area contributed by atoms with Crippen LogP contribution in [0, 0.1) is 5.92 Å². The average Bonchev–Trinajstić information content (AvgIpc) is 3.33. The van der Waals surface area contributed by atoms with Crippen LogP contribution in [0.4, 0.5) is 22.7 Å². The lowest BCUT2D eigenvalue weighted by atomic mass is 9.33. The van der Waals surface area contributed by atoms with E-state index in [-0.39, 0.29) is 39.8 Å². The first-order valence-electron chi connectivity index (χ1n) is 25.3. The zero-order valence-electron chi connectivity index (χ0n) is 42.8. The molecule has 4 aliphatic rings. The van der Waals surface area contributed by atoms with Gasteiger partial charge in [0.1, 0.15) is 0 Å². The van der Waals surface area contributed by atoms with Crippen LogP contribution >= 0.6 is 0 Å². The molecule has 3 heteroatoms. The molecule has 68 heavy (non-hydrogen) atoms. The molecule has 0 N–H and O–H groups in total. The van der Waals surface area contributed by atoms with Crippen molar-refractivity contribution in [3.05, 3.63) is 221 Å². The molecule has 0 bridgehead atoms. The lowest BCUT2D eigenvalue weighted by molar-refractivity contribution is 0.381. The van der Waals surface area contributed by atoms with Crippen LogP contribution in [0.2, 0.25) is 0 Å². The average molecular weight is 891 g/mol. The minimum Gasteiger partial charge on any atom is -0.335 e. The fraction of sp³-hybridized carbons (Fsp3) is 0.323. The molecule has 0 spiro atoms. The Hall–Kier alpha value is -6.06. The summed E-state index contributed by atoms with van der Waals surface area (Å²) in [5.74, 6) is 0.375. The van der Waals surface area contributed by atoms with Crippen LogP contribution in [0.15, 0.2) is 187 Å². The van der Waals surface area contributed by atoms with Gasteiger partial charge in [0.15, 0.2) is 0 Å². The van der Waals surface area contributed by atoms with Crippen molar-refractivity contribution in [1.29, 1.82) is 0 Å². The zero-order valence-corrected chi connectivity index (χ0v) is 42.8. The second kappa shape index (κ2) is 16.6. The maximum Gasteiger partial charge on any atom is 0.252 e. The monoisotopic (exact) mass is 891 g/mol. The number of nitrogens with zero attached hydrogens (tertiary/aromatic N) is 2. The molecule has 2 nitrogen and oxygen atoms in total. The number of benzene rings is 6. The molecule has 0 saturated heterocycles. The van der Waals surface area contributed by atoms with E-state index in [9.17, 15) is 0 Å². The molecule has 0 saturated carbocycles. The highest BCUT2D eigenvalue weighted by atomic mass is 15.2. The van der Waals surface area contributed by atoms with Crippen molar-refractivity contribution in [3.8, 4) is 0 Å². The molecule has 6 aromatic carbocycles. The minimum atomic E-state index is -0.204. The Bertz CT molecular complexity index is 3000. The van der Waals surface area contributed by atoms with Crippen LogP contribution in [-0.4, -0.2) is 12.8 Å². The summed E-state index contributed by atoms with van der Waals surface area (Å²) in [5.41, 5.74) is 19.7. The number of anilines is 4. The van der Waals surface area contributed by atoms with E-state index in [1.165, 1.54) is 83.8 Å². The third-order valence-electron chi connectivity index (χ3n) is 16.5. The number of hydrogen-bond acceptors (Lipinski definition) is 2. The largest absolute Gasteiger partial charge is 0.335 e. The van der Waals surface area contributed by atoms with Crippen molar-refractivity contribution in [2.75, 3.05) is 9.80 Å². The molecule has 0 aromatic heterocycles. The van der Waals surface area contributed by atoms with Crippen molar-refractivity contribution in [2.45, 2.75) is 129 Å². The fourth-order valence-electron chi connectivity index (χ4n) is 11.7. The van der Waals surface area contributed by atoms with Gasteiger partial charge in [-0.2, -0.15) is 0 Å².